The fraction of sp³-hybridized carbons (Fsp3) is 0.200. The number of fused-ring (bicyclic) bond motifs is 9. The van der Waals surface area contributed by atoms with Crippen molar-refractivity contribution in [3.8, 4) is 11.1 Å². The van der Waals surface area contributed by atoms with Gasteiger partial charge in [-0.25, -0.2) is 0 Å². The number of hydrogen-bond donors (Lipinski definition) is 0. The third-order valence-corrected chi connectivity index (χ3v) is 9.91. The van der Waals surface area contributed by atoms with E-state index in [1.54, 1.807) is 0 Å². The molecule has 2 aliphatic heterocycles. The Kier molecular flexibility index (Phi) is 4.96. The maximum absolute atomic E-state index is 6.78. The predicted molar refractivity (Wildman–Crippen MR) is 187 cm³/mol. The molecule has 9 rings (SSSR count). The van der Waals surface area contributed by atoms with Gasteiger partial charge in [0, 0.05) is 38.9 Å². The summed E-state index contributed by atoms with van der Waals surface area (Å²) < 4.78 is 9.29. The number of para-hydroxylation sites is 2. The van der Waals surface area contributed by atoms with Crippen LogP contribution in [-0.2, 0) is 10.8 Å². The van der Waals surface area contributed by atoms with Gasteiger partial charge in [-0.3, -0.25) is 0 Å². The van der Waals surface area contributed by atoms with Crippen molar-refractivity contribution in [1.29, 1.82) is 0 Å². The van der Waals surface area contributed by atoms with Gasteiger partial charge < -0.3 is 13.8 Å². The van der Waals surface area contributed by atoms with Crippen molar-refractivity contribution in [1.82, 2.24) is 4.48 Å². The molecule has 7 aromatic rings. The normalized spacial score (nSPS) is 14.0. The van der Waals surface area contributed by atoms with Crippen LogP contribution in [0.3, 0.4) is 0 Å². The van der Waals surface area contributed by atoms with Gasteiger partial charge in [-0.15, -0.1) is 0 Å². The summed E-state index contributed by atoms with van der Waals surface area (Å²) in [6.07, 6.45) is 0. The lowest BCUT2D eigenvalue weighted by atomic mass is 9.45. The van der Waals surface area contributed by atoms with E-state index in [4.69, 9.17) is 4.42 Å². The van der Waals surface area contributed by atoms with E-state index in [0.29, 0.717) is 0 Å². The van der Waals surface area contributed by atoms with Crippen LogP contribution in [0.5, 0.6) is 0 Å². The molecule has 0 unspecified atom stereocenters. The smallest absolute Gasteiger partial charge is 0.336 e. The van der Waals surface area contributed by atoms with E-state index in [2.05, 4.69) is 154 Å². The van der Waals surface area contributed by atoms with Gasteiger partial charge in [-0.05, 0) is 68.8 Å². The molecule has 2 aliphatic rings. The number of anilines is 3. The fourth-order valence-corrected chi connectivity index (χ4v) is 7.69. The quantitative estimate of drug-likeness (QED) is 0.183. The molecular formula is C40H35BN2O. The highest BCUT2D eigenvalue weighted by Crippen LogP contribution is 2.47. The number of furan rings is 1. The number of rotatable bonds is 1. The molecule has 0 saturated heterocycles. The van der Waals surface area contributed by atoms with Gasteiger partial charge in [-0.2, -0.15) is 0 Å². The fourth-order valence-electron chi connectivity index (χ4n) is 7.69. The highest BCUT2D eigenvalue weighted by molar-refractivity contribution is 6.90. The predicted octanol–water partition coefficient (Wildman–Crippen LogP) is 9.55. The van der Waals surface area contributed by atoms with Crippen LogP contribution >= 0.6 is 0 Å². The van der Waals surface area contributed by atoms with E-state index in [9.17, 15) is 0 Å². The largest absolute Gasteiger partial charge is 0.441 e. The zero-order chi connectivity index (χ0) is 30.1. The van der Waals surface area contributed by atoms with Crippen LogP contribution in [0.15, 0.2) is 108 Å². The maximum Gasteiger partial charge on any atom is 0.336 e. The highest BCUT2D eigenvalue weighted by Gasteiger charge is 2.43. The van der Waals surface area contributed by atoms with Gasteiger partial charge in [0.1, 0.15) is 5.58 Å². The Bertz CT molecular complexity index is 2310. The van der Waals surface area contributed by atoms with E-state index in [1.165, 1.54) is 71.9 Å². The molecule has 0 N–H and O–H groups in total. The first-order valence-corrected chi connectivity index (χ1v) is 15.7. The van der Waals surface area contributed by atoms with Crippen molar-refractivity contribution in [3.05, 3.63) is 114 Å². The van der Waals surface area contributed by atoms with Gasteiger partial charge in [0.2, 0.25) is 0 Å². The molecule has 2 aromatic heterocycles. The van der Waals surface area contributed by atoms with Crippen molar-refractivity contribution in [2.75, 3.05) is 4.90 Å². The van der Waals surface area contributed by atoms with Crippen LogP contribution in [-0.4, -0.2) is 11.3 Å². The Morgan fingerprint density at radius 1 is 0.614 bits per heavy atom. The molecule has 0 fully saturated rings. The Morgan fingerprint density at radius 3 is 2.07 bits per heavy atom. The number of nitrogens with zero attached hydrogens (tertiary/aromatic N) is 2. The topological polar surface area (TPSA) is 21.3 Å². The molecule has 0 radical (unpaired) electrons. The third kappa shape index (κ3) is 3.34. The van der Waals surface area contributed by atoms with E-state index >= 15 is 0 Å². The van der Waals surface area contributed by atoms with Crippen LogP contribution in [0.1, 0.15) is 52.7 Å². The van der Waals surface area contributed by atoms with Crippen molar-refractivity contribution in [3.63, 3.8) is 0 Å². The summed E-state index contributed by atoms with van der Waals surface area (Å²) in [5, 5.41) is 3.64. The van der Waals surface area contributed by atoms with Gasteiger partial charge in [0.15, 0.2) is 5.71 Å². The van der Waals surface area contributed by atoms with Crippen molar-refractivity contribution < 1.29 is 4.42 Å². The van der Waals surface area contributed by atoms with Gasteiger partial charge in [0.25, 0.3) is 0 Å². The average Bonchev–Trinajstić information content (AvgIpc) is 3.54. The standard InChI is InChI=1S/C40H35BN2O/c1-39(2,3)24-17-20-26(21-18-24)42-32-22-19-25(40(4,5)6)23-31(32)41-36-27(12-10-15-33(36)42)28-13-9-14-30-35-29-11-7-8-16-34(29)44-38(35)43(41)37(28)30/h7-23H,1-6H3. The van der Waals surface area contributed by atoms with Gasteiger partial charge >= 0.3 is 6.85 Å². The second-order valence-electron chi connectivity index (χ2n) is 14.6. The zero-order valence-corrected chi connectivity index (χ0v) is 26.2. The monoisotopic (exact) mass is 570 g/mol. The van der Waals surface area contributed by atoms with Crippen LogP contribution in [0.4, 0.5) is 17.1 Å². The minimum absolute atomic E-state index is 0.0148. The molecule has 0 bridgehead atoms. The Labute approximate surface area is 258 Å². The van der Waals surface area contributed by atoms with E-state index in [1.807, 2.05) is 0 Å². The molecule has 4 heterocycles. The highest BCUT2D eigenvalue weighted by atomic mass is 16.3. The number of benzene rings is 5. The summed E-state index contributed by atoms with van der Waals surface area (Å²) in [7, 11) is 0. The van der Waals surface area contributed by atoms with Crippen molar-refractivity contribution in [2.45, 2.75) is 52.4 Å². The minimum atomic E-state index is -0.0148. The first kappa shape index (κ1) is 25.8. The summed E-state index contributed by atoms with van der Waals surface area (Å²) in [4.78, 5) is 2.48. The first-order chi connectivity index (χ1) is 21.1. The second-order valence-corrected chi connectivity index (χ2v) is 14.6. The summed E-state index contributed by atoms with van der Waals surface area (Å²) in [6, 6.07) is 38.4. The second kappa shape index (κ2) is 8.48. The Morgan fingerprint density at radius 2 is 1.30 bits per heavy atom. The van der Waals surface area contributed by atoms with Crippen molar-refractivity contribution >= 4 is 67.8 Å². The first-order valence-electron chi connectivity index (χ1n) is 15.7. The molecule has 0 aliphatic carbocycles. The van der Waals surface area contributed by atoms with Gasteiger partial charge in [-0.1, -0.05) is 114 Å². The summed E-state index contributed by atoms with van der Waals surface area (Å²) >= 11 is 0. The average molecular weight is 571 g/mol. The lowest BCUT2D eigenvalue weighted by Crippen LogP contribution is -2.56. The van der Waals surface area contributed by atoms with Crippen LogP contribution in [0.25, 0.3) is 44.1 Å². The molecule has 0 atom stereocenters. The Hall–Kier alpha value is -4.70. The molecule has 0 saturated carbocycles. The summed E-state index contributed by atoms with van der Waals surface area (Å²) in [5.74, 6) is 0. The van der Waals surface area contributed by atoms with Crippen molar-refractivity contribution in [2.24, 2.45) is 0 Å². The number of aromatic nitrogens is 1. The number of hydrogen-bond acceptors (Lipinski definition) is 2. The maximum atomic E-state index is 6.78. The molecule has 5 aromatic carbocycles. The van der Waals surface area contributed by atoms with Crippen LogP contribution < -0.4 is 15.8 Å². The summed E-state index contributed by atoms with van der Waals surface area (Å²) in [5.41, 5.74) is 14.8. The molecular weight excluding hydrogens is 535 g/mol. The zero-order valence-electron chi connectivity index (χ0n) is 26.2. The molecule has 214 valence electrons. The lowest BCUT2D eigenvalue weighted by molar-refractivity contribution is 0.590. The van der Waals surface area contributed by atoms with E-state index in [0.717, 1.165) is 11.3 Å². The molecule has 44 heavy (non-hydrogen) atoms. The minimum Gasteiger partial charge on any atom is -0.441 e. The SMILES string of the molecule is CC(C)(C)c1ccc(N2c3ccc(C(C)(C)C)cc3B3c4c(cccc42)-c2cccc4c5c6ccccc6oc5n3c24)cc1. The van der Waals surface area contributed by atoms with Crippen LogP contribution in [0.2, 0.25) is 0 Å². The Balaban J connectivity index is 1.41. The van der Waals surface area contributed by atoms with Gasteiger partial charge in [0.05, 0.1) is 5.39 Å². The van der Waals surface area contributed by atoms with Crippen LogP contribution in [0, 0.1) is 0 Å². The summed E-state index contributed by atoms with van der Waals surface area (Å²) in [6.45, 7) is 13.7. The van der Waals surface area contributed by atoms with E-state index in [-0.39, 0.29) is 17.7 Å². The third-order valence-electron chi connectivity index (χ3n) is 9.91. The molecule has 4 heteroatoms. The molecule has 3 nitrogen and oxygen atoms in total. The van der Waals surface area contributed by atoms with E-state index < -0.39 is 0 Å². The lowest BCUT2D eigenvalue weighted by Gasteiger charge is -2.40. The molecule has 0 spiro atoms. The molecule has 0 amide bonds.